The van der Waals surface area contributed by atoms with Gasteiger partial charge < -0.3 is 20.9 Å². The van der Waals surface area contributed by atoms with Crippen LogP contribution in [0.25, 0.3) is 0 Å². The minimum atomic E-state index is -0.183. The molecular formula is C21H35N4O2+. The monoisotopic (exact) mass is 375 g/mol. The third-order valence-corrected chi connectivity index (χ3v) is 5.13. The van der Waals surface area contributed by atoms with E-state index in [1.807, 2.05) is 38.1 Å². The summed E-state index contributed by atoms with van der Waals surface area (Å²) in [4.78, 5) is 25.5. The SMILES string of the molecule is CC(C)NC(=O)NCc1ccc(C(=O)NCCC[NH+]2CCCC[C@@H]2C)cc1. The van der Waals surface area contributed by atoms with E-state index in [-0.39, 0.29) is 18.0 Å². The van der Waals surface area contributed by atoms with Gasteiger partial charge in [-0.2, -0.15) is 0 Å². The highest BCUT2D eigenvalue weighted by molar-refractivity contribution is 5.94. The summed E-state index contributed by atoms with van der Waals surface area (Å²) in [5.41, 5.74) is 1.62. The normalized spacial score (nSPS) is 19.6. The molecule has 0 aliphatic carbocycles. The molecule has 1 aromatic carbocycles. The van der Waals surface area contributed by atoms with E-state index in [4.69, 9.17) is 0 Å². The van der Waals surface area contributed by atoms with Crippen molar-refractivity contribution in [3.05, 3.63) is 35.4 Å². The fourth-order valence-electron chi connectivity index (χ4n) is 3.51. The predicted octanol–water partition coefficient (Wildman–Crippen LogP) is 1.47. The molecule has 150 valence electrons. The van der Waals surface area contributed by atoms with E-state index in [0.29, 0.717) is 18.7 Å². The quantitative estimate of drug-likeness (QED) is 0.520. The molecule has 1 aliphatic rings. The molecule has 2 atom stereocenters. The topological polar surface area (TPSA) is 74.7 Å². The van der Waals surface area contributed by atoms with Crippen molar-refractivity contribution in [1.82, 2.24) is 16.0 Å². The van der Waals surface area contributed by atoms with Crippen molar-refractivity contribution in [2.24, 2.45) is 0 Å². The van der Waals surface area contributed by atoms with E-state index in [9.17, 15) is 9.59 Å². The maximum atomic E-state index is 12.3. The van der Waals surface area contributed by atoms with E-state index < -0.39 is 0 Å². The lowest BCUT2D eigenvalue weighted by Crippen LogP contribution is -3.16. The number of quaternary nitrogens is 1. The van der Waals surface area contributed by atoms with Gasteiger partial charge in [-0.3, -0.25) is 4.79 Å². The first kappa shape index (κ1) is 21.2. The molecule has 0 radical (unpaired) electrons. The summed E-state index contributed by atoms with van der Waals surface area (Å²) in [5, 5.41) is 8.60. The average molecular weight is 376 g/mol. The molecule has 1 fully saturated rings. The molecule has 6 nitrogen and oxygen atoms in total. The number of benzene rings is 1. The van der Waals surface area contributed by atoms with Gasteiger partial charge in [0.05, 0.1) is 19.1 Å². The maximum Gasteiger partial charge on any atom is 0.315 e. The summed E-state index contributed by atoms with van der Waals surface area (Å²) in [6, 6.07) is 8.05. The third-order valence-electron chi connectivity index (χ3n) is 5.13. The molecule has 2 rings (SSSR count). The highest BCUT2D eigenvalue weighted by atomic mass is 16.2. The van der Waals surface area contributed by atoms with Crippen LogP contribution in [0.4, 0.5) is 4.79 Å². The smallest absolute Gasteiger partial charge is 0.315 e. The van der Waals surface area contributed by atoms with Crippen LogP contribution in [-0.2, 0) is 6.54 Å². The predicted molar refractivity (Wildman–Crippen MR) is 108 cm³/mol. The largest absolute Gasteiger partial charge is 0.352 e. The summed E-state index contributed by atoms with van der Waals surface area (Å²) in [5.74, 6) is -0.0336. The number of carbonyl (C=O) groups excluding carboxylic acids is 2. The van der Waals surface area contributed by atoms with Gasteiger partial charge in [-0.15, -0.1) is 0 Å². The van der Waals surface area contributed by atoms with Crippen molar-refractivity contribution < 1.29 is 14.5 Å². The number of hydrogen-bond acceptors (Lipinski definition) is 2. The molecule has 0 aromatic heterocycles. The Balaban J connectivity index is 1.68. The van der Waals surface area contributed by atoms with Crippen molar-refractivity contribution in [2.75, 3.05) is 19.6 Å². The Morgan fingerprint density at radius 2 is 1.89 bits per heavy atom. The number of nitrogens with one attached hydrogen (secondary N) is 4. The van der Waals surface area contributed by atoms with Gasteiger partial charge in [0.1, 0.15) is 0 Å². The first-order chi connectivity index (χ1) is 13.0. The minimum Gasteiger partial charge on any atom is -0.352 e. The van der Waals surface area contributed by atoms with Crippen molar-refractivity contribution in [3.8, 4) is 0 Å². The Bertz CT molecular complexity index is 601. The van der Waals surface area contributed by atoms with Crippen LogP contribution in [0.3, 0.4) is 0 Å². The van der Waals surface area contributed by atoms with E-state index in [2.05, 4.69) is 22.9 Å². The second-order valence-corrected chi connectivity index (χ2v) is 7.84. The Morgan fingerprint density at radius 1 is 1.15 bits per heavy atom. The summed E-state index contributed by atoms with van der Waals surface area (Å²) < 4.78 is 0. The van der Waals surface area contributed by atoms with E-state index in [1.54, 1.807) is 4.90 Å². The Kier molecular flexibility index (Phi) is 8.58. The molecule has 1 unspecified atom stereocenters. The zero-order chi connectivity index (χ0) is 19.6. The highest BCUT2D eigenvalue weighted by Gasteiger charge is 2.20. The lowest BCUT2D eigenvalue weighted by molar-refractivity contribution is -0.928. The van der Waals surface area contributed by atoms with Crippen molar-refractivity contribution in [3.63, 3.8) is 0 Å². The number of piperidine rings is 1. The molecule has 0 saturated carbocycles. The molecule has 0 bridgehead atoms. The lowest BCUT2D eigenvalue weighted by atomic mass is 10.0. The van der Waals surface area contributed by atoms with Gasteiger partial charge in [-0.1, -0.05) is 12.1 Å². The molecule has 4 N–H and O–H groups in total. The van der Waals surface area contributed by atoms with Crippen LogP contribution < -0.4 is 20.9 Å². The summed E-state index contributed by atoms with van der Waals surface area (Å²) in [6.07, 6.45) is 5.02. The van der Waals surface area contributed by atoms with E-state index in [0.717, 1.165) is 24.6 Å². The van der Waals surface area contributed by atoms with E-state index in [1.165, 1.54) is 25.8 Å². The Hall–Kier alpha value is -2.08. The van der Waals surface area contributed by atoms with Crippen LogP contribution in [0.1, 0.15) is 62.4 Å². The number of amides is 3. The molecule has 0 spiro atoms. The van der Waals surface area contributed by atoms with Gasteiger partial charge in [0, 0.05) is 31.1 Å². The first-order valence-corrected chi connectivity index (χ1v) is 10.2. The molecule has 1 heterocycles. The third kappa shape index (κ3) is 7.59. The van der Waals surface area contributed by atoms with Crippen LogP contribution in [0.15, 0.2) is 24.3 Å². The Labute approximate surface area is 163 Å². The zero-order valence-electron chi connectivity index (χ0n) is 16.9. The van der Waals surface area contributed by atoms with Crippen LogP contribution in [-0.4, -0.2) is 43.7 Å². The molecule has 6 heteroatoms. The highest BCUT2D eigenvalue weighted by Crippen LogP contribution is 2.05. The number of rotatable bonds is 8. The van der Waals surface area contributed by atoms with Crippen LogP contribution >= 0.6 is 0 Å². The molecule has 1 aliphatic heterocycles. The number of urea groups is 1. The van der Waals surface area contributed by atoms with Gasteiger partial charge in [-0.05, 0) is 57.7 Å². The summed E-state index contributed by atoms with van der Waals surface area (Å²) in [6.45, 7) is 9.72. The fourth-order valence-corrected chi connectivity index (χ4v) is 3.51. The van der Waals surface area contributed by atoms with Crippen LogP contribution in [0.5, 0.6) is 0 Å². The summed E-state index contributed by atoms with van der Waals surface area (Å²) in [7, 11) is 0. The second kappa shape index (κ2) is 10.9. The molecular weight excluding hydrogens is 340 g/mol. The lowest BCUT2D eigenvalue weighted by Gasteiger charge is -2.30. The molecule has 27 heavy (non-hydrogen) atoms. The van der Waals surface area contributed by atoms with Gasteiger partial charge in [0.25, 0.3) is 5.91 Å². The van der Waals surface area contributed by atoms with Crippen LogP contribution in [0, 0.1) is 0 Å². The summed E-state index contributed by atoms with van der Waals surface area (Å²) >= 11 is 0. The standard InChI is InChI=1S/C21H34N4O2/c1-16(2)24-21(27)23-15-18-8-10-19(11-9-18)20(26)22-12-6-14-25-13-5-4-7-17(25)3/h8-11,16-17H,4-7,12-15H2,1-3H3,(H,22,26)(H2,23,24,27)/p+1/t17-/m0/s1. The number of hydrogen-bond donors (Lipinski definition) is 4. The molecule has 1 saturated heterocycles. The first-order valence-electron chi connectivity index (χ1n) is 10.2. The average Bonchev–Trinajstić information content (AvgIpc) is 2.64. The maximum absolute atomic E-state index is 12.3. The van der Waals surface area contributed by atoms with E-state index >= 15 is 0 Å². The zero-order valence-corrected chi connectivity index (χ0v) is 16.9. The Morgan fingerprint density at radius 3 is 2.56 bits per heavy atom. The van der Waals surface area contributed by atoms with Gasteiger partial charge >= 0.3 is 6.03 Å². The van der Waals surface area contributed by atoms with Gasteiger partial charge in [0.15, 0.2) is 0 Å². The number of likely N-dealkylation sites (tertiary alicyclic amines) is 1. The van der Waals surface area contributed by atoms with Crippen molar-refractivity contribution in [2.45, 2.75) is 65.1 Å². The van der Waals surface area contributed by atoms with Gasteiger partial charge in [-0.25, -0.2) is 4.79 Å². The minimum absolute atomic E-state index is 0.0336. The van der Waals surface area contributed by atoms with Crippen molar-refractivity contribution in [1.29, 1.82) is 0 Å². The van der Waals surface area contributed by atoms with Crippen molar-refractivity contribution >= 4 is 11.9 Å². The fraction of sp³-hybridized carbons (Fsp3) is 0.619. The molecule has 3 amide bonds. The molecule has 1 aromatic rings. The van der Waals surface area contributed by atoms with Gasteiger partial charge in [0.2, 0.25) is 0 Å². The second-order valence-electron chi connectivity index (χ2n) is 7.84. The van der Waals surface area contributed by atoms with Crippen LogP contribution in [0.2, 0.25) is 0 Å². The number of carbonyl (C=O) groups is 2.